The molecule has 0 spiro atoms. The monoisotopic (exact) mass is 429 g/mol. The minimum atomic E-state index is -1.10. The molecule has 0 bridgehead atoms. The molecule has 1 aromatic heterocycles. The van der Waals surface area contributed by atoms with Crippen LogP contribution in [-0.4, -0.2) is 50.8 Å². The van der Waals surface area contributed by atoms with Crippen LogP contribution in [0.3, 0.4) is 0 Å². The molecule has 7 nitrogen and oxygen atoms in total. The molecule has 162 valence electrons. The highest BCUT2D eigenvalue weighted by Crippen LogP contribution is 2.34. The Balaban J connectivity index is 1.58. The SMILES string of the molecule is CC(C)[C@H](CO)Nc1nc(N2CCC(N)(c3ccccc3)CC2)nc2c1S(=O)CC2. The second kappa shape index (κ2) is 8.61. The summed E-state index contributed by atoms with van der Waals surface area (Å²) >= 11 is 0. The Kier molecular flexibility index (Phi) is 6.09. The Labute approximate surface area is 180 Å². The highest BCUT2D eigenvalue weighted by molar-refractivity contribution is 7.85. The van der Waals surface area contributed by atoms with Gasteiger partial charge in [-0.2, -0.15) is 4.98 Å². The van der Waals surface area contributed by atoms with E-state index < -0.39 is 10.8 Å². The maximum absolute atomic E-state index is 12.6. The van der Waals surface area contributed by atoms with Crippen LogP contribution >= 0.6 is 0 Å². The number of nitrogens with two attached hydrogens (primary N) is 1. The summed E-state index contributed by atoms with van der Waals surface area (Å²) in [4.78, 5) is 12.4. The van der Waals surface area contributed by atoms with Crippen molar-refractivity contribution in [3.8, 4) is 0 Å². The first-order valence-corrected chi connectivity index (χ1v) is 12.0. The van der Waals surface area contributed by atoms with Gasteiger partial charge in [-0.15, -0.1) is 0 Å². The number of piperidine rings is 1. The molecular formula is C22H31N5O2S. The van der Waals surface area contributed by atoms with Gasteiger partial charge in [-0.25, -0.2) is 4.98 Å². The first-order chi connectivity index (χ1) is 14.4. The lowest BCUT2D eigenvalue weighted by molar-refractivity contribution is 0.248. The maximum Gasteiger partial charge on any atom is 0.227 e. The lowest BCUT2D eigenvalue weighted by Gasteiger charge is -2.39. The first-order valence-electron chi connectivity index (χ1n) is 10.7. The van der Waals surface area contributed by atoms with E-state index in [9.17, 15) is 9.32 Å². The number of aryl methyl sites for hydroxylation is 1. The van der Waals surface area contributed by atoms with Crippen molar-refractivity contribution in [1.82, 2.24) is 9.97 Å². The highest BCUT2D eigenvalue weighted by Gasteiger charge is 2.34. The summed E-state index contributed by atoms with van der Waals surface area (Å²) in [5.41, 5.74) is 8.41. The zero-order valence-corrected chi connectivity index (χ0v) is 18.5. The van der Waals surface area contributed by atoms with Crippen LogP contribution in [0.5, 0.6) is 0 Å². The average molecular weight is 430 g/mol. The van der Waals surface area contributed by atoms with E-state index in [4.69, 9.17) is 15.7 Å². The molecule has 2 aliphatic heterocycles. The van der Waals surface area contributed by atoms with Crippen molar-refractivity contribution in [2.45, 2.75) is 49.6 Å². The number of fused-ring (bicyclic) bond motifs is 1. The summed E-state index contributed by atoms with van der Waals surface area (Å²) in [5.74, 6) is 2.06. The highest BCUT2D eigenvalue weighted by atomic mass is 32.2. The predicted octanol–water partition coefficient (Wildman–Crippen LogP) is 2.02. The zero-order chi connectivity index (χ0) is 21.3. The Morgan fingerprint density at radius 3 is 2.57 bits per heavy atom. The third-order valence-corrected chi connectivity index (χ3v) is 7.75. The quantitative estimate of drug-likeness (QED) is 0.645. The molecule has 30 heavy (non-hydrogen) atoms. The lowest BCUT2D eigenvalue weighted by atomic mass is 9.82. The van der Waals surface area contributed by atoms with Gasteiger partial charge in [-0.1, -0.05) is 44.2 Å². The number of nitrogens with one attached hydrogen (secondary N) is 1. The van der Waals surface area contributed by atoms with Crippen LogP contribution in [0.15, 0.2) is 35.2 Å². The zero-order valence-electron chi connectivity index (χ0n) is 17.7. The standard InChI is InChI=1S/C22H31N5O2S/c1-15(2)18(14-28)24-20-19-17(8-13-30(19)29)25-21(26-20)27-11-9-22(23,10-12-27)16-6-4-3-5-7-16/h3-7,15,18,28H,8-14,23H2,1-2H3,(H,24,25,26)/t18-,30?/m0/s1. The fourth-order valence-corrected chi connectivity index (χ4v) is 5.50. The van der Waals surface area contributed by atoms with E-state index in [0.717, 1.165) is 31.6 Å². The number of nitrogens with zero attached hydrogens (tertiary/aromatic N) is 3. The molecule has 0 radical (unpaired) electrons. The molecule has 0 amide bonds. The fraction of sp³-hybridized carbons (Fsp3) is 0.545. The second-order valence-corrected chi connectivity index (χ2v) is 10.1. The van der Waals surface area contributed by atoms with Crippen LogP contribution < -0.4 is 16.0 Å². The summed E-state index contributed by atoms with van der Waals surface area (Å²) in [6.45, 7) is 5.61. The molecule has 4 rings (SSSR count). The first kappa shape index (κ1) is 21.2. The number of benzene rings is 1. The van der Waals surface area contributed by atoms with Gasteiger partial charge in [0.05, 0.1) is 29.1 Å². The van der Waals surface area contributed by atoms with Gasteiger partial charge in [0.1, 0.15) is 10.7 Å². The van der Waals surface area contributed by atoms with Gasteiger partial charge >= 0.3 is 0 Å². The van der Waals surface area contributed by atoms with E-state index in [0.29, 0.717) is 28.8 Å². The Hall–Kier alpha value is -2.03. The van der Waals surface area contributed by atoms with Crippen LogP contribution in [0.25, 0.3) is 0 Å². The third kappa shape index (κ3) is 4.08. The van der Waals surface area contributed by atoms with Gasteiger partial charge in [-0.05, 0) is 24.3 Å². The van der Waals surface area contributed by atoms with Gasteiger partial charge in [-0.3, -0.25) is 4.21 Å². The summed E-state index contributed by atoms with van der Waals surface area (Å²) in [6.07, 6.45) is 2.32. The van der Waals surface area contributed by atoms with Crippen molar-refractivity contribution in [2.75, 3.05) is 35.7 Å². The minimum Gasteiger partial charge on any atom is -0.394 e. The van der Waals surface area contributed by atoms with Crippen molar-refractivity contribution >= 4 is 22.6 Å². The summed E-state index contributed by atoms with van der Waals surface area (Å²) in [5, 5.41) is 13.1. The van der Waals surface area contributed by atoms with E-state index in [1.165, 1.54) is 5.56 Å². The van der Waals surface area contributed by atoms with E-state index in [-0.39, 0.29) is 24.1 Å². The summed E-state index contributed by atoms with van der Waals surface area (Å²) in [7, 11) is -1.10. The van der Waals surface area contributed by atoms with E-state index in [2.05, 4.69) is 22.3 Å². The van der Waals surface area contributed by atoms with E-state index >= 15 is 0 Å². The largest absolute Gasteiger partial charge is 0.394 e. The molecule has 1 aromatic carbocycles. The smallest absolute Gasteiger partial charge is 0.227 e. The van der Waals surface area contributed by atoms with Crippen molar-refractivity contribution in [1.29, 1.82) is 0 Å². The summed E-state index contributed by atoms with van der Waals surface area (Å²) in [6, 6.07) is 10.1. The molecule has 1 fully saturated rings. The molecule has 1 saturated heterocycles. The molecule has 0 aliphatic carbocycles. The van der Waals surface area contributed by atoms with Crippen molar-refractivity contribution in [2.24, 2.45) is 11.7 Å². The number of hydrogen-bond donors (Lipinski definition) is 3. The Bertz CT molecular complexity index is 913. The van der Waals surface area contributed by atoms with Crippen molar-refractivity contribution in [3.05, 3.63) is 41.6 Å². The number of anilines is 2. The molecular weight excluding hydrogens is 398 g/mol. The molecule has 4 N–H and O–H groups in total. The second-order valence-electron chi connectivity index (χ2n) is 8.63. The van der Waals surface area contributed by atoms with Gasteiger partial charge in [0, 0.05) is 30.8 Å². The van der Waals surface area contributed by atoms with Crippen LogP contribution in [0, 0.1) is 5.92 Å². The fourth-order valence-electron chi connectivity index (χ4n) is 4.19. The Morgan fingerprint density at radius 1 is 1.23 bits per heavy atom. The lowest BCUT2D eigenvalue weighted by Crippen LogP contribution is -2.48. The normalized spacial score (nSPS) is 21.5. The molecule has 2 atom stereocenters. The van der Waals surface area contributed by atoms with Crippen LogP contribution in [0.1, 0.15) is 37.9 Å². The number of aliphatic hydroxyl groups excluding tert-OH is 1. The van der Waals surface area contributed by atoms with Crippen LogP contribution in [0.2, 0.25) is 0 Å². The predicted molar refractivity (Wildman–Crippen MR) is 120 cm³/mol. The van der Waals surface area contributed by atoms with E-state index in [1.807, 2.05) is 32.0 Å². The Morgan fingerprint density at radius 2 is 1.93 bits per heavy atom. The number of hydrogen-bond acceptors (Lipinski definition) is 7. The maximum atomic E-state index is 12.6. The molecule has 8 heteroatoms. The molecule has 2 aliphatic rings. The van der Waals surface area contributed by atoms with E-state index in [1.54, 1.807) is 0 Å². The van der Waals surface area contributed by atoms with Gasteiger partial charge in [0.15, 0.2) is 0 Å². The van der Waals surface area contributed by atoms with Crippen LogP contribution in [-0.2, 0) is 22.8 Å². The van der Waals surface area contributed by atoms with Gasteiger partial charge in [0.2, 0.25) is 5.95 Å². The summed E-state index contributed by atoms with van der Waals surface area (Å²) < 4.78 is 12.6. The van der Waals surface area contributed by atoms with Crippen molar-refractivity contribution in [3.63, 3.8) is 0 Å². The molecule has 3 heterocycles. The van der Waals surface area contributed by atoms with Gasteiger partial charge in [0.25, 0.3) is 0 Å². The topological polar surface area (TPSA) is 104 Å². The average Bonchev–Trinajstić information content (AvgIpc) is 3.13. The number of aromatic nitrogens is 2. The van der Waals surface area contributed by atoms with Gasteiger partial charge < -0.3 is 21.1 Å². The molecule has 2 aromatic rings. The third-order valence-electron chi connectivity index (χ3n) is 6.29. The van der Waals surface area contributed by atoms with Crippen molar-refractivity contribution < 1.29 is 9.32 Å². The molecule has 1 unspecified atom stereocenters. The van der Waals surface area contributed by atoms with Crippen LogP contribution in [0.4, 0.5) is 11.8 Å². The number of aliphatic hydroxyl groups is 1. The minimum absolute atomic E-state index is 0.00506. The number of rotatable bonds is 6. The molecule has 0 saturated carbocycles.